The van der Waals surface area contributed by atoms with Crippen LogP contribution in [0.4, 0.5) is 0 Å². The zero-order chi connectivity index (χ0) is 14.1. The topological polar surface area (TPSA) is 20.2 Å². The number of hydrogen-bond acceptors (Lipinski definition) is 1. The lowest BCUT2D eigenvalue weighted by molar-refractivity contribution is 0.220. The lowest BCUT2D eigenvalue weighted by Crippen LogP contribution is -1.99. The van der Waals surface area contributed by atoms with E-state index in [4.69, 9.17) is 11.6 Å². The van der Waals surface area contributed by atoms with Crippen LogP contribution in [0.15, 0.2) is 65.1 Å². The predicted octanol–water partition coefficient (Wildman–Crippen LogP) is 5.34. The van der Waals surface area contributed by atoms with Crippen LogP contribution in [0.1, 0.15) is 17.2 Å². The van der Waals surface area contributed by atoms with Crippen LogP contribution < -0.4 is 0 Å². The van der Waals surface area contributed by atoms with Gasteiger partial charge in [-0.15, -0.1) is 0 Å². The van der Waals surface area contributed by atoms with E-state index in [0.29, 0.717) is 5.02 Å². The summed E-state index contributed by atoms with van der Waals surface area (Å²) in [5.74, 6) is 0. The molecular weight excluding hydrogens is 336 g/mol. The van der Waals surface area contributed by atoms with Crippen molar-refractivity contribution in [1.82, 2.24) is 0 Å². The van der Waals surface area contributed by atoms with Crippen molar-refractivity contribution in [3.8, 4) is 0 Å². The summed E-state index contributed by atoms with van der Waals surface area (Å²) in [4.78, 5) is 0. The van der Waals surface area contributed by atoms with Crippen molar-refractivity contribution in [2.45, 2.75) is 6.10 Å². The van der Waals surface area contributed by atoms with Gasteiger partial charge >= 0.3 is 0 Å². The van der Waals surface area contributed by atoms with E-state index in [2.05, 4.69) is 22.0 Å². The van der Waals surface area contributed by atoms with Crippen LogP contribution in [0.25, 0.3) is 10.8 Å². The highest BCUT2D eigenvalue weighted by molar-refractivity contribution is 9.10. The lowest BCUT2D eigenvalue weighted by Gasteiger charge is -2.12. The average molecular weight is 348 g/mol. The first-order chi connectivity index (χ1) is 9.63. The number of hydrogen-bond donors (Lipinski definition) is 1. The summed E-state index contributed by atoms with van der Waals surface area (Å²) in [6.45, 7) is 0. The highest BCUT2D eigenvalue weighted by Crippen LogP contribution is 2.27. The van der Waals surface area contributed by atoms with Crippen LogP contribution >= 0.6 is 27.5 Å². The summed E-state index contributed by atoms with van der Waals surface area (Å²) >= 11 is 9.33. The Morgan fingerprint density at radius 2 is 1.40 bits per heavy atom. The van der Waals surface area contributed by atoms with Gasteiger partial charge < -0.3 is 5.11 Å². The van der Waals surface area contributed by atoms with Crippen LogP contribution in [0.3, 0.4) is 0 Å². The van der Waals surface area contributed by atoms with Gasteiger partial charge in [0.25, 0.3) is 0 Å². The molecule has 3 rings (SSSR count). The number of fused-ring (bicyclic) bond motifs is 1. The highest BCUT2D eigenvalue weighted by atomic mass is 79.9. The summed E-state index contributed by atoms with van der Waals surface area (Å²) in [5, 5.41) is 13.4. The van der Waals surface area contributed by atoms with Gasteiger partial charge in [-0.1, -0.05) is 57.9 Å². The molecule has 0 aliphatic heterocycles. The van der Waals surface area contributed by atoms with E-state index in [1.807, 2.05) is 42.5 Å². The third-order valence-corrected chi connectivity index (χ3v) is 4.07. The summed E-state index contributed by atoms with van der Waals surface area (Å²) < 4.78 is 1.05. The Morgan fingerprint density at radius 1 is 0.800 bits per heavy atom. The zero-order valence-electron chi connectivity index (χ0n) is 10.6. The van der Waals surface area contributed by atoms with E-state index in [9.17, 15) is 5.11 Å². The molecule has 100 valence electrons. The molecular formula is C17H12BrClO. The minimum atomic E-state index is -0.639. The second-order valence-electron chi connectivity index (χ2n) is 4.70. The van der Waals surface area contributed by atoms with Crippen molar-refractivity contribution in [3.63, 3.8) is 0 Å². The number of halogens is 2. The van der Waals surface area contributed by atoms with Gasteiger partial charge in [0, 0.05) is 9.50 Å². The van der Waals surface area contributed by atoms with Crippen LogP contribution in [0, 0.1) is 0 Å². The molecule has 1 unspecified atom stereocenters. The predicted molar refractivity (Wildman–Crippen MR) is 87.2 cm³/mol. The maximum absolute atomic E-state index is 10.4. The van der Waals surface area contributed by atoms with E-state index >= 15 is 0 Å². The number of benzene rings is 3. The standard InChI is InChI=1S/C17H12BrClO/c18-15-6-3-12-9-14(2-1-13(12)10-15)17(20)11-4-7-16(19)8-5-11/h1-10,17,20H. The average Bonchev–Trinajstić information content (AvgIpc) is 2.47. The van der Waals surface area contributed by atoms with E-state index in [1.165, 1.54) is 0 Å². The molecule has 1 atom stereocenters. The summed E-state index contributed by atoms with van der Waals surface area (Å²) in [5.41, 5.74) is 1.72. The van der Waals surface area contributed by atoms with E-state index in [0.717, 1.165) is 26.4 Å². The molecule has 3 aromatic carbocycles. The fraction of sp³-hybridized carbons (Fsp3) is 0.0588. The monoisotopic (exact) mass is 346 g/mol. The summed E-state index contributed by atoms with van der Waals surface area (Å²) in [7, 11) is 0. The van der Waals surface area contributed by atoms with Crippen molar-refractivity contribution < 1.29 is 5.11 Å². The van der Waals surface area contributed by atoms with Crippen molar-refractivity contribution in [3.05, 3.63) is 81.3 Å². The Kier molecular flexibility index (Phi) is 3.79. The molecule has 0 aliphatic carbocycles. The Labute approximate surface area is 131 Å². The zero-order valence-corrected chi connectivity index (χ0v) is 12.9. The largest absolute Gasteiger partial charge is 0.384 e. The molecule has 0 saturated heterocycles. The molecule has 0 saturated carbocycles. The minimum absolute atomic E-state index is 0.639. The normalized spacial score (nSPS) is 12.6. The van der Waals surface area contributed by atoms with Gasteiger partial charge in [-0.3, -0.25) is 0 Å². The molecule has 0 spiro atoms. The SMILES string of the molecule is OC(c1ccc(Cl)cc1)c1ccc2cc(Br)ccc2c1. The van der Waals surface area contributed by atoms with Crippen LogP contribution in [0.5, 0.6) is 0 Å². The van der Waals surface area contributed by atoms with Gasteiger partial charge in [-0.2, -0.15) is 0 Å². The highest BCUT2D eigenvalue weighted by Gasteiger charge is 2.10. The van der Waals surface area contributed by atoms with Gasteiger partial charge in [0.1, 0.15) is 6.10 Å². The first-order valence-electron chi connectivity index (χ1n) is 6.26. The number of aliphatic hydroxyl groups excluding tert-OH is 1. The first-order valence-corrected chi connectivity index (χ1v) is 7.43. The van der Waals surface area contributed by atoms with Crippen LogP contribution in [0.2, 0.25) is 5.02 Å². The fourth-order valence-corrected chi connectivity index (χ4v) is 2.75. The first kappa shape index (κ1) is 13.6. The third-order valence-electron chi connectivity index (χ3n) is 3.33. The Hall–Kier alpha value is -1.35. The maximum Gasteiger partial charge on any atom is 0.104 e. The van der Waals surface area contributed by atoms with E-state index in [-0.39, 0.29) is 0 Å². The van der Waals surface area contributed by atoms with E-state index in [1.54, 1.807) is 12.1 Å². The van der Waals surface area contributed by atoms with Gasteiger partial charge in [0.2, 0.25) is 0 Å². The van der Waals surface area contributed by atoms with Crippen LogP contribution in [-0.2, 0) is 0 Å². The molecule has 0 aliphatic rings. The van der Waals surface area contributed by atoms with Crippen molar-refractivity contribution in [2.75, 3.05) is 0 Å². The number of aliphatic hydroxyl groups is 1. The van der Waals surface area contributed by atoms with Crippen molar-refractivity contribution >= 4 is 38.3 Å². The van der Waals surface area contributed by atoms with E-state index < -0.39 is 6.10 Å². The molecule has 20 heavy (non-hydrogen) atoms. The maximum atomic E-state index is 10.4. The Morgan fingerprint density at radius 3 is 2.15 bits per heavy atom. The molecule has 0 radical (unpaired) electrons. The van der Waals surface area contributed by atoms with Crippen molar-refractivity contribution in [1.29, 1.82) is 0 Å². The third kappa shape index (κ3) is 2.73. The molecule has 0 aromatic heterocycles. The quantitative estimate of drug-likeness (QED) is 0.663. The smallest absolute Gasteiger partial charge is 0.104 e. The second-order valence-corrected chi connectivity index (χ2v) is 6.06. The number of rotatable bonds is 2. The Balaban J connectivity index is 2.01. The molecule has 0 fully saturated rings. The second kappa shape index (κ2) is 5.57. The Bertz CT molecular complexity index is 753. The molecule has 1 N–H and O–H groups in total. The van der Waals surface area contributed by atoms with Crippen LogP contribution in [-0.4, -0.2) is 5.11 Å². The molecule has 3 aromatic rings. The summed E-state index contributed by atoms with van der Waals surface area (Å²) in [6.07, 6.45) is -0.639. The van der Waals surface area contributed by atoms with Crippen molar-refractivity contribution in [2.24, 2.45) is 0 Å². The van der Waals surface area contributed by atoms with Gasteiger partial charge in [-0.05, 0) is 52.2 Å². The minimum Gasteiger partial charge on any atom is -0.384 e. The van der Waals surface area contributed by atoms with Gasteiger partial charge in [0.05, 0.1) is 0 Å². The van der Waals surface area contributed by atoms with Gasteiger partial charge in [0.15, 0.2) is 0 Å². The molecule has 3 heteroatoms. The molecule has 0 bridgehead atoms. The fourth-order valence-electron chi connectivity index (χ4n) is 2.24. The molecule has 0 amide bonds. The molecule has 1 nitrogen and oxygen atoms in total. The van der Waals surface area contributed by atoms with Gasteiger partial charge in [-0.25, -0.2) is 0 Å². The molecule has 0 heterocycles. The summed E-state index contributed by atoms with van der Waals surface area (Å²) in [6, 6.07) is 19.4. The lowest BCUT2D eigenvalue weighted by atomic mass is 9.99.